The highest BCUT2D eigenvalue weighted by atomic mass is 16.5. The lowest BCUT2D eigenvalue weighted by atomic mass is 10.0. The number of amides is 4. The van der Waals surface area contributed by atoms with Gasteiger partial charge in [0, 0.05) is 26.1 Å². The second-order valence-electron chi connectivity index (χ2n) is 8.49. The van der Waals surface area contributed by atoms with E-state index in [4.69, 9.17) is 19.9 Å². The van der Waals surface area contributed by atoms with Crippen molar-refractivity contribution in [1.29, 1.82) is 0 Å². The Morgan fingerprint density at radius 1 is 0.794 bits per heavy atom. The van der Waals surface area contributed by atoms with Crippen molar-refractivity contribution in [3.8, 4) is 0 Å². The predicted octanol–water partition coefficient (Wildman–Crippen LogP) is -0.488. The summed E-state index contributed by atoms with van der Waals surface area (Å²) < 4.78 is 15.5. The number of nitrogens with one attached hydrogen (secondary N) is 4. The average Bonchev–Trinajstić information content (AvgIpc) is 2.77. The maximum absolute atomic E-state index is 12.6. The van der Waals surface area contributed by atoms with E-state index in [-0.39, 0.29) is 43.9 Å². The van der Waals surface area contributed by atoms with Crippen LogP contribution in [0.25, 0.3) is 0 Å². The van der Waals surface area contributed by atoms with Crippen molar-refractivity contribution in [3.05, 3.63) is 0 Å². The standard InChI is InChI=1S/C22H43N5O7/c1-15(2)14-34-22(31)25-9-8-24-20(29)17(5)26-21(30)19(16(3)4)27-18(28)6-10-32-12-13-33-11-7-23/h15-17,19H,6-14,23H2,1-5H3,(H,24,29)(H,25,31)(H,26,30)(H,27,28)/t17-,19?/m0/s1. The molecule has 0 spiro atoms. The van der Waals surface area contributed by atoms with E-state index in [1.165, 1.54) is 6.92 Å². The minimum Gasteiger partial charge on any atom is -0.449 e. The highest BCUT2D eigenvalue weighted by molar-refractivity contribution is 5.92. The van der Waals surface area contributed by atoms with Gasteiger partial charge in [0.1, 0.15) is 12.1 Å². The molecule has 2 atom stereocenters. The molecular weight excluding hydrogens is 446 g/mol. The first-order valence-electron chi connectivity index (χ1n) is 11.7. The molecule has 0 aromatic rings. The van der Waals surface area contributed by atoms with Crippen LogP contribution in [0.3, 0.4) is 0 Å². The van der Waals surface area contributed by atoms with Gasteiger partial charge in [0.2, 0.25) is 17.7 Å². The Morgan fingerprint density at radius 2 is 1.41 bits per heavy atom. The number of ether oxygens (including phenoxy) is 3. The van der Waals surface area contributed by atoms with Crippen LogP contribution < -0.4 is 27.0 Å². The molecule has 1 unspecified atom stereocenters. The summed E-state index contributed by atoms with van der Waals surface area (Å²) >= 11 is 0. The molecule has 0 aliphatic rings. The molecule has 6 N–H and O–H groups in total. The molecule has 0 bridgehead atoms. The van der Waals surface area contributed by atoms with Crippen LogP contribution in [0.4, 0.5) is 4.79 Å². The first-order valence-corrected chi connectivity index (χ1v) is 11.7. The predicted molar refractivity (Wildman–Crippen MR) is 127 cm³/mol. The van der Waals surface area contributed by atoms with Crippen molar-refractivity contribution in [3.63, 3.8) is 0 Å². The molecule has 198 valence electrons. The zero-order valence-electron chi connectivity index (χ0n) is 21.1. The molecule has 4 amide bonds. The van der Waals surface area contributed by atoms with Crippen molar-refractivity contribution in [2.75, 3.05) is 52.7 Å². The Bertz CT molecular complexity index is 616. The molecule has 0 fully saturated rings. The van der Waals surface area contributed by atoms with Crippen molar-refractivity contribution in [2.45, 2.75) is 53.1 Å². The van der Waals surface area contributed by atoms with Crippen LogP contribution in [-0.4, -0.2) is 88.6 Å². The zero-order valence-corrected chi connectivity index (χ0v) is 21.1. The maximum atomic E-state index is 12.6. The quantitative estimate of drug-likeness (QED) is 0.161. The van der Waals surface area contributed by atoms with Gasteiger partial charge in [-0.2, -0.15) is 0 Å². The summed E-state index contributed by atoms with van der Waals surface area (Å²) in [7, 11) is 0. The molecule has 0 radical (unpaired) electrons. The van der Waals surface area contributed by atoms with Crippen LogP contribution in [0.1, 0.15) is 41.0 Å². The van der Waals surface area contributed by atoms with Gasteiger partial charge in [0.25, 0.3) is 0 Å². The number of carbonyl (C=O) groups is 4. The van der Waals surface area contributed by atoms with E-state index in [1.54, 1.807) is 13.8 Å². The Kier molecular flexibility index (Phi) is 17.6. The van der Waals surface area contributed by atoms with Gasteiger partial charge < -0.3 is 41.2 Å². The topological polar surface area (TPSA) is 170 Å². The van der Waals surface area contributed by atoms with Crippen LogP contribution in [0.15, 0.2) is 0 Å². The van der Waals surface area contributed by atoms with Crippen molar-refractivity contribution < 1.29 is 33.4 Å². The summed E-state index contributed by atoms with van der Waals surface area (Å²) in [4.78, 5) is 48.5. The summed E-state index contributed by atoms with van der Waals surface area (Å²) in [6.07, 6.45) is -0.458. The van der Waals surface area contributed by atoms with Crippen LogP contribution in [-0.2, 0) is 28.6 Å². The highest BCUT2D eigenvalue weighted by Crippen LogP contribution is 2.03. The monoisotopic (exact) mass is 489 g/mol. The molecule has 0 aromatic carbocycles. The molecule has 0 aliphatic carbocycles. The molecule has 34 heavy (non-hydrogen) atoms. The van der Waals surface area contributed by atoms with Gasteiger partial charge in [-0.15, -0.1) is 0 Å². The summed E-state index contributed by atoms with van der Waals surface area (Å²) in [5.74, 6) is -1.16. The third-order valence-corrected chi connectivity index (χ3v) is 4.37. The van der Waals surface area contributed by atoms with Crippen LogP contribution in [0, 0.1) is 11.8 Å². The maximum Gasteiger partial charge on any atom is 0.407 e. The van der Waals surface area contributed by atoms with Gasteiger partial charge in [-0.25, -0.2) is 4.79 Å². The lowest BCUT2D eigenvalue weighted by molar-refractivity contribution is -0.133. The van der Waals surface area contributed by atoms with Gasteiger partial charge in [0.05, 0.1) is 33.0 Å². The normalized spacial score (nSPS) is 12.7. The Balaban J connectivity index is 4.28. The molecule has 12 nitrogen and oxygen atoms in total. The third kappa shape index (κ3) is 16.2. The number of hydrogen-bond donors (Lipinski definition) is 5. The zero-order chi connectivity index (χ0) is 25.9. The number of nitrogens with two attached hydrogens (primary N) is 1. The molecular formula is C22H43N5O7. The second-order valence-corrected chi connectivity index (χ2v) is 8.49. The summed E-state index contributed by atoms with van der Waals surface area (Å²) in [5.41, 5.74) is 5.31. The molecule has 12 heteroatoms. The van der Waals surface area contributed by atoms with E-state index in [0.29, 0.717) is 33.0 Å². The fourth-order valence-corrected chi connectivity index (χ4v) is 2.52. The molecule has 0 aromatic heterocycles. The Hall–Kier alpha value is -2.44. The lowest BCUT2D eigenvalue weighted by Crippen LogP contribution is -2.55. The van der Waals surface area contributed by atoms with Crippen LogP contribution in [0.2, 0.25) is 0 Å². The van der Waals surface area contributed by atoms with Gasteiger partial charge in [-0.05, 0) is 18.8 Å². The second kappa shape index (κ2) is 18.9. The fraction of sp³-hybridized carbons (Fsp3) is 0.818. The first kappa shape index (κ1) is 31.6. The molecule has 0 saturated heterocycles. The van der Waals surface area contributed by atoms with Gasteiger partial charge in [-0.1, -0.05) is 27.7 Å². The summed E-state index contributed by atoms with van der Waals surface area (Å²) in [5, 5.41) is 10.4. The van der Waals surface area contributed by atoms with E-state index >= 15 is 0 Å². The van der Waals surface area contributed by atoms with E-state index in [0.717, 1.165) is 0 Å². The number of rotatable bonds is 18. The average molecular weight is 490 g/mol. The minimum atomic E-state index is -0.824. The molecule has 0 heterocycles. The van der Waals surface area contributed by atoms with E-state index < -0.39 is 30.0 Å². The van der Waals surface area contributed by atoms with E-state index in [2.05, 4.69) is 21.3 Å². The first-order chi connectivity index (χ1) is 16.1. The number of carbonyl (C=O) groups excluding carboxylic acids is 4. The van der Waals surface area contributed by atoms with Gasteiger partial charge >= 0.3 is 6.09 Å². The largest absolute Gasteiger partial charge is 0.449 e. The Morgan fingerprint density at radius 3 is 2.00 bits per heavy atom. The van der Waals surface area contributed by atoms with E-state index in [9.17, 15) is 19.2 Å². The SMILES string of the molecule is CC(C)COC(=O)NCCNC(=O)[C@H](C)NC(=O)C(NC(=O)CCOCCOCCN)C(C)C. The highest BCUT2D eigenvalue weighted by Gasteiger charge is 2.26. The van der Waals surface area contributed by atoms with Gasteiger partial charge in [0.15, 0.2) is 0 Å². The van der Waals surface area contributed by atoms with Crippen LogP contribution >= 0.6 is 0 Å². The fourth-order valence-electron chi connectivity index (χ4n) is 2.52. The van der Waals surface area contributed by atoms with Crippen LogP contribution in [0.5, 0.6) is 0 Å². The molecule has 0 aliphatic heterocycles. The molecule has 0 saturated carbocycles. The van der Waals surface area contributed by atoms with E-state index in [1.807, 2.05) is 13.8 Å². The van der Waals surface area contributed by atoms with Crippen molar-refractivity contribution in [1.82, 2.24) is 21.3 Å². The van der Waals surface area contributed by atoms with Crippen molar-refractivity contribution in [2.24, 2.45) is 17.6 Å². The lowest BCUT2D eigenvalue weighted by Gasteiger charge is -2.24. The Labute approximate surface area is 202 Å². The molecule has 0 rings (SSSR count). The summed E-state index contributed by atoms with van der Waals surface area (Å²) in [6, 6.07) is -1.62. The number of hydrogen-bond acceptors (Lipinski definition) is 8. The van der Waals surface area contributed by atoms with Gasteiger partial charge in [-0.3, -0.25) is 14.4 Å². The minimum absolute atomic E-state index is 0.0933. The smallest absolute Gasteiger partial charge is 0.407 e. The third-order valence-electron chi connectivity index (χ3n) is 4.37. The number of alkyl carbamates (subject to hydrolysis) is 1. The summed E-state index contributed by atoms with van der Waals surface area (Å²) in [6.45, 7) is 11.5. The van der Waals surface area contributed by atoms with Crippen molar-refractivity contribution >= 4 is 23.8 Å².